The number of aromatic nitrogens is 2. The average Bonchev–Trinajstić information content (AvgIpc) is 3.58. The number of alkyl halides is 2. The number of hydrogen-bond donors (Lipinski definition) is 4. The van der Waals surface area contributed by atoms with Gasteiger partial charge in [-0.2, -0.15) is 0 Å². The lowest BCUT2D eigenvalue weighted by atomic mass is 9.98. The number of pyridine rings is 2. The number of halogens is 3. The molecule has 5 N–H and O–H groups in total. The van der Waals surface area contributed by atoms with E-state index >= 15 is 4.39 Å². The highest BCUT2D eigenvalue weighted by Crippen LogP contribution is 2.33. The van der Waals surface area contributed by atoms with Crippen LogP contribution in [0.5, 0.6) is 0 Å². The SMILES string of the molecule is CC=C/C=C(\C1=C(N)NC(C2=NCNCc3ncc(-c4cncc(CN5CCC(F)(F)C5)c4)c(F)c32)=CN1)c1ccc(C(C)=O)s1. The molecule has 238 valence electrons. The Balaban J connectivity index is 1.31. The fourth-order valence-electron chi connectivity index (χ4n) is 5.60. The molecule has 1 fully saturated rings. The molecule has 3 aromatic rings. The molecular weight excluding hydrogens is 613 g/mol. The van der Waals surface area contributed by atoms with E-state index in [0.717, 1.165) is 10.5 Å². The van der Waals surface area contributed by atoms with E-state index in [1.807, 2.05) is 31.2 Å². The molecule has 13 heteroatoms. The maximum Gasteiger partial charge on any atom is 0.261 e. The first-order valence-corrected chi connectivity index (χ1v) is 15.6. The molecule has 3 aromatic heterocycles. The van der Waals surface area contributed by atoms with Gasteiger partial charge in [-0.15, -0.1) is 11.3 Å². The second kappa shape index (κ2) is 13.0. The summed E-state index contributed by atoms with van der Waals surface area (Å²) in [6, 6.07) is 5.42. The van der Waals surface area contributed by atoms with Crippen LogP contribution >= 0.6 is 11.3 Å². The summed E-state index contributed by atoms with van der Waals surface area (Å²) in [5.74, 6) is -2.96. The summed E-state index contributed by atoms with van der Waals surface area (Å²) in [6.45, 7) is 4.21. The van der Waals surface area contributed by atoms with Crippen LogP contribution in [0.25, 0.3) is 16.7 Å². The number of nitrogens with zero attached hydrogens (tertiary/aromatic N) is 4. The third-order valence-electron chi connectivity index (χ3n) is 7.83. The van der Waals surface area contributed by atoms with Crippen LogP contribution in [0.4, 0.5) is 13.2 Å². The molecule has 6 heterocycles. The van der Waals surface area contributed by atoms with Gasteiger partial charge in [-0.05, 0) is 37.6 Å². The van der Waals surface area contributed by atoms with E-state index in [0.29, 0.717) is 51.2 Å². The fourth-order valence-corrected chi connectivity index (χ4v) is 6.53. The van der Waals surface area contributed by atoms with Crippen molar-refractivity contribution in [2.75, 3.05) is 19.8 Å². The quantitative estimate of drug-likeness (QED) is 0.198. The molecule has 0 bridgehead atoms. The number of aliphatic imine (C=N–C) groups is 1. The van der Waals surface area contributed by atoms with Gasteiger partial charge in [0.2, 0.25) is 0 Å². The van der Waals surface area contributed by atoms with Gasteiger partial charge < -0.3 is 16.4 Å². The summed E-state index contributed by atoms with van der Waals surface area (Å²) in [4.78, 5) is 28.6. The van der Waals surface area contributed by atoms with Crippen LogP contribution in [0, 0.1) is 5.82 Å². The minimum Gasteiger partial charge on any atom is -0.384 e. The van der Waals surface area contributed by atoms with Crippen molar-refractivity contribution in [3.05, 3.63) is 111 Å². The lowest BCUT2D eigenvalue weighted by Gasteiger charge is -2.24. The van der Waals surface area contributed by atoms with Crippen molar-refractivity contribution in [3.63, 3.8) is 0 Å². The Morgan fingerprint density at radius 2 is 2.04 bits per heavy atom. The van der Waals surface area contributed by atoms with E-state index in [1.54, 1.807) is 29.4 Å². The Morgan fingerprint density at radius 3 is 2.76 bits per heavy atom. The number of ketones is 1. The Bertz CT molecular complexity index is 1840. The van der Waals surface area contributed by atoms with Crippen LogP contribution in [0.3, 0.4) is 0 Å². The number of carbonyl (C=O) groups is 1. The van der Waals surface area contributed by atoms with Gasteiger partial charge in [-0.1, -0.05) is 18.2 Å². The second-order valence-electron chi connectivity index (χ2n) is 11.2. The van der Waals surface area contributed by atoms with Crippen molar-refractivity contribution in [3.8, 4) is 11.1 Å². The third kappa shape index (κ3) is 6.52. The summed E-state index contributed by atoms with van der Waals surface area (Å²) in [6.07, 6.45) is 11.8. The largest absolute Gasteiger partial charge is 0.384 e. The lowest BCUT2D eigenvalue weighted by Crippen LogP contribution is -2.35. The number of nitrogens with two attached hydrogens (primary N) is 1. The van der Waals surface area contributed by atoms with Crippen molar-refractivity contribution in [2.24, 2.45) is 10.7 Å². The van der Waals surface area contributed by atoms with Crippen LogP contribution in [0.1, 0.15) is 51.6 Å². The van der Waals surface area contributed by atoms with Crippen molar-refractivity contribution in [1.82, 2.24) is 30.8 Å². The number of allylic oxidation sites excluding steroid dienone is 5. The molecule has 0 aromatic carbocycles. The maximum absolute atomic E-state index is 16.5. The van der Waals surface area contributed by atoms with Gasteiger partial charge in [0.15, 0.2) is 5.78 Å². The highest BCUT2D eigenvalue weighted by molar-refractivity contribution is 7.15. The topological polar surface area (TPSA) is 121 Å². The van der Waals surface area contributed by atoms with Crippen LogP contribution in [-0.2, 0) is 13.1 Å². The van der Waals surface area contributed by atoms with Gasteiger partial charge in [0.25, 0.3) is 5.92 Å². The molecule has 3 aliphatic heterocycles. The van der Waals surface area contributed by atoms with E-state index in [4.69, 9.17) is 5.73 Å². The zero-order valence-electron chi connectivity index (χ0n) is 25.3. The molecule has 3 aliphatic rings. The summed E-state index contributed by atoms with van der Waals surface area (Å²) < 4.78 is 44.0. The highest BCUT2D eigenvalue weighted by Gasteiger charge is 2.38. The molecule has 0 radical (unpaired) electrons. The van der Waals surface area contributed by atoms with Gasteiger partial charge in [-0.3, -0.25) is 30.0 Å². The number of hydrogen-bond acceptors (Lipinski definition) is 10. The molecule has 1 saturated heterocycles. The molecule has 46 heavy (non-hydrogen) atoms. The smallest absolute Gasteiger partial charge is 0.261 e. The van der Waals surface area contributed by atoms with Crippen LogP contribution in [-0.4, -0.2) is 52.0 Å². The number of carbonyl (C=O) groups excluding carboxylic acids is 1. The molecule has 0 amide bonds. The first-order chi connectivity index (χ1) is 22.1. The third-order valence-corrected chi connectivity index (χ3v) is 9.05. The molecule has 9 nitrogen and oxygen atoms in total. The molecule has 0 unspecified atom stereocenters. The van der Waals surface area contributed by atoms with E-state index in [-0.39, 0.29) is 49.6 Å². The second-order valence-corrected chi connectivity index (χ2v) is 12.3. The van der Waals surface area contributed by atoms with Gasteiger partial charge in [0.1, 0.15) is 11.6 Å². The van der Waals surface area contributed by atoms with Gasteiger partial charge in [0, 0.05) is 72.4 Å². The fraction of sp³-hybridized carbons (Fsp3) is 0.273. The lowest BCUT2D eigenvalue weighted by molar-refractivity contribution is 0.0115. The number of nitrogens with one attached hydrogen (secondary N) is 3. The Labute approximate surface area is 268 Å². The molecule has 0 atom stereocenters. The predicted octanol–water partition coefficient (Wildman–Crippen LogP) is 5.06. The van der Waals surface area contributed by atoms with Gasteiger partial charge >= 0.3 is 0 Å². The summed E-state index contributed by atoms with van der Waals surface area (Å²) >= 11 is 1.37. The van der Waals surface area contributed by atoms with Crippen molar-refractivity contribution in [2.45, 2.75) is 39.3 Å². The first kappa shape index (κ1) is 31.4. The number of thiophene rings is 1. The Morgan fingerprint density at radius 1 is 1.22 bits per heavy atom. The van der Waals surface area contributed by atoms with Crippen LogP contribution < -0.4 is 21.7 Å². The molecule has 6 rings (SSSR count). The van der Waals surface area contributed by atoms with Crippen LogP contribution in [0.15, 0.2) is 83.4 Å². The predicted molar refractivity (Wildman–Crippen MR) is 173 cm³/mol. The summed E-state index contributed by atoms with van der Waals surface area (Å²) in [5, 5.41) is 9.62. The normalized spacial score (nSPS) is 18.5. The number of likely N-dealkylation sites (tertiary alicyclic amines) is 1. The van der Waals surface area contributed by atoms with Crippen molar-refractivity contribution >= 4 is 28.4 Å². The van der Waals surface area contributed by atoms with Gasteiger partial charge in [0.05, 0.1) is 46.5 Å². The first-order valence-electron chi connectivity index (χ1n) is 14.8. The highest BCUT2D eigenvalue weighted by atomic mass is 32.1. The number of Topliss-reactive ketones (excluding diaryl/α,β-unsaturated/α-hetero) is 1. The minimum atomic E-state index is -2.70. The summed E-state index contributed by atoms with van der Waals surface area (Å²) in [5.41, 5.74) is 10.8. The minimum absolute atomic E-state index is 0.0205. The van der Waals surface area contributed by atoms with E-state index in [2.05, 4.69) is 30.9 Å². The average molecular weight is 647 g/mol. The standard InChI is InChI=1S/C33H33F3N8OS/c1-3-4-5-22(27-7-6-26(46-27)19(2)45)30-32(37)43-25(15-41-30)31-28-24(14-39-18-42-31)40-13-23(29(28)34)21-10-20(11-38-12-21)16-44-9-8-33(35,36)17-44/h3-7,10-13,15,39,41,43H,8-9,14,16-18,37H2,1-2H3/b4-3?,22-5-. The van der Waals surface area contributed by atoms with Gasteiger partial charge in [-0.25, -0.2) is 13.2 Å². The molecule has 0 aliphatic carbocycles. The van der Waals surface area contributed by atoms with Crippen LogP contribution in [0.2, 0.25) is 0 Å². The Kier molecular flexibility index (Phi) is 8.89. The van der Waals surface area contributed by atoms with Crippen molar-refractivity contribution in [1.29, 1.82) is 0 Å². The number of rotatable bonds is 8. The molecular formula is C33H33F3N8OS. The zero-order valence-corrected chi connectivity index (χ0v) is 26.1. The van der Waals surface area contributed by atoms with E-state index in [9.17, 15) is 13.6 Å². The number of fused-ring (bicyclic) bond motifs is 1. The van der Waals surface area contributed by atoms with E-state index in [1.165, 1.54) is 30.7 Å². The zero-order chi connectivity index (χ0) is 32.4. The molecule has 0 saturated carbocycles. The monoisotopic (exact) mass is 646 g/mol. The van der Waals surface area contributed by atoms with Crippen molar-refractivity contribution < 1.29 is 18.0 Å². The Hall–Kier alpha value is -4.59. The summed E-state index contributed by atoms with van der Waals surface area (Å²) in [7, 11) is 0. The van der Waals surface area contributed by atoms with E-state index < -0.39 is 11.7 Å². The molecule has 0 spiro atoms. The maximum atomic E-state index is 16.5.